The molecule has 0 bridgehead atoms. The molecule has 2 unspecified atom stereocenters. The van der Waals surface area contributed by atoms with Crippen LogP contribution in [0.15, 0.2) is 24.3 Å². The zero-order valence-corrected chi connectivity index (χ0v) is 10.6. The van der Waals surface area contributed by atoms with Crippen LogP contribution in [0.1, 0.15) is 31.7 Å². The molecule has 2 atom stereocenters. The van der Waals surface area contributed by atoms with Crippen molar-refractivity contribution in [2.24, 2.45) is 5.92 Å². The van der Waals surface area contributed by atoms with Gasteiger partial charge in [0.2, 0.25) is 0 Å². The number of halogens is 1. The van der Waals surface area contributed by atoms with Crippen molar-refractivity contribution in [2.45, 2.75) is 38.6 Å². The lowest BCUT2D eigenvalue weighted by molar-refractivity contribution is 0.506. The smallest absolute Gasteiger partial charge is 0.0406 e. The Morgan fingerprint density at radius 2 is 2.00 bits per heavy atom. The molecule has 2 heteroatoms. The van der Waals surface area contributed by atoms with Gasteiger partial charge in [0.25, 0.3) is 0 Å². The van der Waals surface area contributed by atoms with E-state index >= 15 is 0 Å². The van der Waals surface area contributed by atoms with Crippen molar-refractivity contribution in [2.75, 3.05) is 6.54 Å². The van der Waals surface area contributed by atoms with E-state index in [4.69, 9.17) is 11.6 Å². The van der Waals surface area contributed by atoms with Gasteiger partial charge in [-0.1, -0.05) is 30.7 Å². The first-order valence-electron chi connectivity index (χ1n) is 6.22. The molecule has 0 saturated heterocycles. The molecule has 1 aromatic carbocycles. The minimum absolute atomic E-state index is 0.752. The van der Waals surface area contributed by atoms with Crippen LogP contribution in [-0.4, -0.2) is 12.6 Å². The lowest BCUT2D eigenvalue weighted by Gasteiger charge is -2.12. The second-order valence-electron chi connectivity index (χ2n) is 4.95. The minimum atomic E-state index is 0.752. The Balaban J connectivity index is 1.70. The maximum Gasteiger partial charge on any atom is 0.0406 e. The third kappa shape index (κ3) is 3.50. The summed E-state index contributed by atoms with van der Waals surface area (Å²) < 4.78 is 0. The molecule has 2 rings (SSSR count). The fourth-order valence-corrected chi connectivity index (χ4v) is 2.59. The Morgan fingerprint density at radius 3 is 2.62 bits per heavy atom. The van der Waals surface area contributed by atoms with Gasteiger partial charge < -0.3 is 5.32 Å². The zero-order valence-electron chi connectivity index (χ0n) is 9.88. The summed E-state index contributed by atoms with van der Waals surface area (Å²) in [6, 6.07) is 8.91. The number of rotatable bonds is 4. The summed E-state index contributed by atoms with van der Waals surface area (Å²) in [5.41, 5.74) is 1.36. The van der Waals surface area contributed by atoms with E-state index in [2.05, 4.69) is 24.4 Å². The molecule has 1 N–H and O–H groups in total. The van der Waals surface area contributed by atoms with Gasteiger partial charge in [0.1, 0.15) is 0 Å². The third-order valence-electron chi connectivity index (χ3n) is 3.45. The van der Waals surface area contributed by atoms with Gasteiger partial charge in [-0.05, 0) is 55.8 Å². The molecule has 0 heterocycles. The molecule has 16 heavy (non-hydrogen) atoms. The fourth-order valence-electron chi connectivity index (χ4n) is 2.46. The van der Waals surface area contributed by atoms with Gasteiger partial charge in [-0.25, -0.2) is 0 Å². The third-order valence-corrected chi connectivity index (χ3v) is 3.71. The summed E-state index contributed by atoms with van der Waals surface area (Å²) in [7, 11) is 0. The Hall–Kier alpha value is -0.530. The molecule has 88 valence electrons. The second kappa shape index (κ2) is 5.70. The van der Waals surface area contributed by atoms with Crippen LogP contribution in [0.3, 0.4) is 0 Å². The number of hydrogen-bond donors (Lipinski definition) is 1. The summed E-state index contributed by atoms with van der Waals surface area (Å²) in [5.74, 6) is 0.910. The largest absolute Gasteiger partial charge is 0.314 e. The Bertz CT molecular complexity index is 320. The van der Waals surface area contributed by atoms with Crippen molar-refractivity contribution < 1.29 is 0 Å². The van der Waals surface area contributed by atoms with Gasteiger partial charge in [-0.3, -0.25) is 0 Å². The molecule has 1 aliphatic carbocycles. The molecule has 1 aromatic rings. The van der Waals surface area contributed by atoms with Crippen molar-refractivity contribution in [3.63, 3.8) is 0 Å². The number of benzene rings is 1. The molecule has 0 radical (unpaired) electrons. The highest BCUT2D eigenvalue weighted by Gasteiger charge is 2.19. The fraction of sp³-hybridized carbons (Fsp3) is 0.571. The van der Waals surface area contributed by atoms with Crippen molar-refractivity contribution in [1.82, 2.24) is 5.32 Å². The monoisotopic (exact) mass is 237 g/mol. The molecular formula is C14H20ClN. The van der Waals surface area contributed by atoms with E-state index in [1.165, 1.54) is 24.8 Å². The Labute approximate surface area is 103 Å². The van der Waals surface area contributed by atoms with Gasteiger partial charge in [-0.15, -0.1) is 0 Å². The van der Waals surface area contributed by atoms with Gasteiger partial charge in [0.15, 0.2) is 0 Å². The van der Waals surface area contributed by atoms with E-state index in [0.29, 0.717) is 0 Å². The zero-order chi connectivity index (χ0) is 11.4. The van der Waals surface area contributed by atoms with Crippen LogP contribution >= 0.6 is 11.6 Å². The highest BCUT2D eigenvalue weighted by Crippen LogP contribution is 2.24. The van der Waals surface area contributed by atoms with Crippen molar-refractivity contribution in [1.29, 1.82) is 0 Å². The van der Waals surface area contributed by atoms with E-state index in [9.17, 15) is 0 Å². The van der Waals surface area contributed by atoms with Crippen LogP contribution in [-0.2, 0) is 6.42 Å². The van der Waals surface area contributed by atoms with Crippen LogP contribution in [0.25, 0.3) is 0 Å². The van der Waals surface area contributed by atoms with Crippen LogP contribution in [0.4, 0.5) is 0 Å². The van der Waals surface area contributed by atoms with Crippen molar-refractivity contribution >= 4 is 11.6 Å². The first-order valence-corrected chi connectivity index (χ1v) is 6.59. The summed E-state index contributed by atoms with van der Waals surface area (Å²) in [6.45, 7) is 3.43. The van der Waals surface area contributed by atoms with Crippen LogP contribution in [0, 0.1) is 5.92 Å². The molecule has 0 amide bonds. The van der Waals surface area contributed by atoms with Crippen LogP contribution in [0.2, 0.25) is 5.02 Å². The van der Waals surface area contributed by atoms with E-state index < -0.39 is 0 Å². The first-order chi connectivity index (χ1) is 7.74. The van der Waals surface area contributed by atoms with Gasteiger partial charge in [-0.2, -0.15) is 0 Å². The van der Waals surface area contributed by atoms with Crippen molar-refractivity contribution in [3.05, 3.63) is 34.9 Å². The topological polar surface area (TPSA) is 12.0 Å². The predicted molar refractivity (Wildman–Crippen MR) is 70.0 cm³/mol. The van der Waals surface area contributed by atoms with E-state index in [1.807, 2.05) is 12.1 Å². The maximum absolute atomic E-state index is 5.85. The Kier molecular flexibility index (Phi) is 4.25. The summed E-state index contributed by atoms with van der Waals surface area (Å²) in [4.78, 5) is 0. The average molecular weight is 238 g/mol. The number of hydrogen-bond acceptors (Lipinski definition) is 1. The van der Waals surface area contributed by atoms with Crippen LogP contribution in [0.5, 0.6) is 0 Å². The second-order valence-corrected chi connectivity index (χ2v) is 5.38. The number of nitrogens with one attached hydrogen (secondary N) is 1. The minimum Gasteiger partial charge on any atom is -0.314 e. The summed E-state index contributed by atoms with van der Waals surface area (Å²) >= 11 is 5.85. The van der Waals surface area contributed by atoms with E-state index in [-0.39, 0.29) is 0 Å². The lowest BCUT2D eigenvalue weighted by Crippen LogP contribution is -2.28. The summed E-state index contributed by atoms with van der Waals surface area (Å²) in [6.07, 6.45) is 5.18. The van der Waals surface area contributed by atoms with Gasteiger partial charge in [0.05, 0.1) is 0 Å². The first kappa shape index (κ1) is 11.9. The molecule has 1 fully saturated rings. The highest BCUT2D eigenvalue weighted by molar-refractivity contribution is 6.30. The molecule has 0 aromatic heterocycles. The molecule has 0 spiro atoms. The molecule has 1 nitrogen and oxygen atoms in total. The normalized spacial score (nSPS) is 24.9. The quantitative estimate of drug-likeness (QED) is 0.843. The average Bonchev–Trinajstić information content (AvgIpc) is 2.67. The summed E-state index contributed by atoms with van der Waals surface area (Å²) in [5, 5.41) is 4.46. The van der Waals surface area contributed by atoms with Gasteiger partial charge in [0, 0.05) is 11.1 Å². The molecule has 0 aliphatic heterocycles. The van der Waals surface area contributed by atoms with Gasteiger partial charge >= 0.3 is 0 Å². The van der Waals surface area contributed by atoms with E-state index in [1.54, 1.807) is 0 Å². The lowest BCUT2D eigenvalue weighted by atomic mass is 10.1. The molecule has 1 saturated carbocycles. The maximum atomic E-state index is 5.85. The van der Waals surface area contributed by atoms with E-state index in [0.717, 1.165) is 29.9 Å². The Morgan fingerprint density at radius 1 is 1.25 bits per heavy atom. The van der Waals surface area contributed by atoms with Crippen molar-refractivity contribution in [3.8, 4) is 0 Å². The standard InChI is InChI=1S/C14H20ClN/c1-11-2-7-14(10-11)16-9-8-12-3-5-13(15)6-4-12/h3-6,11,14,16H,2,7-10H2,1H3. The predicted octanol–water partition coefficient (Wildman–Crippen LogP) is 3.66. The highest BCUT2D eigenvalue weighted by atomic mass is 35.5. The SMILES string of the molecule is CC1CCC(NCCc2ccc(Cl)cc2)C1. The molecule has 1 aliphatic rings. The molecular weight excluding hydrogens is 218 g/mol. The van der Waals surface area contributed by atoms with Crippen LogP contribution < -0.4 is 5.32 Å².